The van der Waals surface area contributed by atoms with E-state index in [2.05, 4.69) is 23.7 Å². The Bertz CT molecular complexity index is 1140. The van der Waals surface area contributed by atoms with Gasteiger partial charge in [0.15, 0.2) is 11.5 Å². The number of para-hydroxylation sites is 2. The standard InChI is InChI=1S/C23H27N3O3S/c1-13-8-9-16-19(10-13)30-23-20(16)22(27)24-21(25-23)14(2)26(3)11-15-12-28-17-6-4-5-7-18(17)29-15/h4-7,13-15H,8-12H2,1-3H3,(H,24,25,27)/t13-,14+,15-/m1/s1. The number of H-pyrrole nitrogens is 1. The van der Waals surface area contributed by atoms with Gasteiger partial charge in [-0.25, -0.2) is 4.98 Å². The molecule has 2 aliphatic rings. The van der Waals surface area contributed by atoms with Crippen LogP contribution in [-0.2, 0) is 12.8 Å². The van der Waals surface area contributed by atoms with Gasteiger partial charge in [-0.1, -0.05) is 19.1 Å². The van der Waals surface area contributed by atoms with Gasteiger partial charge >= 0.3 is 0 Å². The number of likely N-dealkylation sites (N-methyl/N-ethyl adjacent to an activating group) is 1. The number of benzene rings is 1. The molecule has 6 nitrogen and oxygen atoms in total. The number of thiophene rings is 1. The second-order valence-corrected chi connectivity index (χ2v) is 9.68. The molecule has 0 bridgehead atoms. The zero-order valence-electron chi connectivity index (χ0n) is 17.6. The van der Waals surface area contributed by atoms with E-state index >= 15 is 0 Å². The van der Waals surface area contributed by atoms with Crippen molar-refractivity contribution in [3.63, 3.8) is 0 Å². The van der Waals surface area contributed by atoms with Gasteiger partial charge in [-0.15, -0.1) is 11.3 Å². The lowest BCUT2D eigenvalue weighted by atomic mass is 9.89. The highest BCUT2D eigenvalue weighted by atomic mass is 32.1. The summed E-state index contributed by atoms with van der Waals surface area (Å²) in [6.45, 7) is 5.53. The topological polar surface area (TPSA) is 67.5 Å². The monoisotopic (exact) mass is 425 g/mol. The third-order valence-corrected chi connectivity index (χ3v) is 7.45. The number of nitrogens with zero attached hydrogens (tertiary/aromatic N) is 2. The Morgan fingerprint density at radius 3 is 2.97 bits per heavy atom. The van der Waals surface area contributed by atoms with E-state index in [4.69, 9.17) is 14.5 Å². The lowest BCUT2D eigenvalue weighted by molar-refractivity contribution is 0.0553. The summed E-state index contributed by atoms with van der Waals surface area (Å²) in [6.07, 6.45) is 3.11. The Morgan fingerprint density at radius 2 is 2.13 bits per heavy atom. The lowest BCUT2D eigenvalue weighted by Crippen LogP contribution is -2.40. The molecule has 2 aromatic heterocycles. The number of hydrogen-bond acceptors (Lipinski definition) is 6. The van der Waals surface area contributed by atoms with Gasteiger partial charge in [0.05, 0.1) is 11.4 Å². The number of rotatable bonds is 4. The summed E-state index contributed by atoms with van der Waals surface area (Å²) in [5, 5.41) is 0.807. The molecule has 30 heavy (non-hydrogen) atoms. The number of aromatic amines is 1. The zero-order chi connectivity index (χ0) is 20.8. The van der Waals surface area contributed by atoms with Crippen LogP contribution in [0.5, 0.6) is 11.5 Å². The molecule has 1 aliphatic heterocycles. The van der Waals surface area contributed by atoms with Gasteiger partial charge < -0.3 is 14.5 Å². The smallest absolute Gasteiger partial charge is 0.259 e. The number of ether oxygens (including phenoxy) is 2. The van der Waals surface area contributed by atoms with Crippen molar-refractivity contribution in [2.45, 2.75) is 45.3 Å². The highest BCUT2D eigenvalue weighted by Crippen LogP contribution is 2.36. The molecule has 0 spiro atoms. The first-order chi connectivity index (χ1) is 14.5. The van der Waals surface area contributed by atoms with Crippen molar-refractivity contribution in [1.29, 1.82) is 0 Å². The Hall–Kier alpha value is -2.38. The fraction of sp³-hybridized carbons (Fsp3) is 0.478. The summed E-state index contributed by atoms with van der Waals surface area (Å²) < 4.78 is 11.9. The first kappa shape index (κ1) is 19.6. The van der Waals surface area contributed by atoms with Crippen LogP contribution in [-0.4, -0.2) is 41.2 Å². The second-order valence-electron chi connectivity index (χ2n) is 8.60. The molecule has 7 heteroatoms. The maximum atomic E-state index is 12.9. The van der Waals surface area contributed by atoms with Crippen molar-refractivity contribution in [2.75, 3.05) is 20.2 Å². The molecule has 3 aromatic rings. The highest BCUT2D eigenvalue weighted by Gasteiger charge is 2.27. The minimum Gasteiger partial charge on any atom is -0.486 e. The quantitative estimate of drug-likeness (QED) is 0.686. The number of hydrogen-bond donors (Lipinski definition) is 1. The molecular formula is C23H27N3O3S. The summed E-state index contributed by atoms with van der Waals surface area (Å²) >= 11 is 1.69. The molecule has 0 radical (unpaired) electrons. The van der Waals surface area contributed by atoms with Gasteiger partial charge in [-0.3, -0.25) is 9.69 Å². The van der Waals surface area contributed by atoms with E-state index in [1.54, 1.807) is 11.3 Å². The first-order valence-electron chi connectivity index (χ1n) is 10.6. The van der Waals surface area contributed by atoms with Gasteiger partial charge in [0.1, 0.15) is 23.4 Å². The molecule has 0 unspecified atom stereocenters. The molecule has 3 heterocycles. The van der Waals surface area contributed by atoms with Gasteiger partial charge in [0.2, 0.25) is 0 Å². The number of nitrogens with one attached hydrogen (secondary N) is 1. The maximum Gasteiger partial charge on any atom is 0.259 e. The van der Waals surface area contributed by atoms with Crippen LogP contribution >= 0.6 is 11.3 Å². The minimum atomic E-state index is -0.0710. The maximum absolute atomic E-state index is 12.9. The van der Waals surface area contributed by atoms with E-state index in [0.717, 1.165) is 41.0 Å². The van der Waals surface area contributed by atoms with Crippen LogP contribution < -0.4 is 15.0 Å². The van der Waals surface area contributed by atoms with Crippen LogP contribution in [0.2, 0.25) is 0 Å². The molecule has 0 saturated carbocycles. The predicted octanol–water partition coefficient (Wildman–Crippen LogP) is 3.94. The third kappa shape index (κ3) is 3.50. The minimum absolute atomic E-state index is 0.00604. The number of aromatic nitrogens is 2. The molecule has 0 fully saturated rings. The summed E-state index contributed by atoms with van der Waals surface area (Å²) in [4.78, 5) is 25.2. The van der Waals surface area contributed by atoms with Crippen LogP contribution in [0.1, 0.15) is 42.6 Å². The van der Waals surface area contributed by atoms with Gasteiger partial charge in [0, 0.05) is 11.4 Å². The molecular weight excluding hydrogens is 398 g/mol. The van der Waals surface area contributed by atoms with Crippen LogP contribution in [0.25, 0.3) is 10.2 Å². The van der Waals surface area contributed by atoms with E-state index < -0.39 is 0 Å². The van der Waals surface area contributed by atoms with Crippen molar-refractivity contribution in [3.8, 4) is 11.5 Å². The van der Waals surface area contributed by atoms with E-state index in [0.29, 0.717) is 24.9 Å². The first-order valence-corrected chi connectivity index (χ1v) is 11.4. The largest absolute Gasteiger partial charge is 0.486 e. The van der Waals surface area contributed by atoms with Crippen molar-refractivity contribution < 1.29 is 9.47 Å². The Kier molecular flexibility index (Phi) is 5.03. The normalized spacial score (nSPS) is 21.6. The summed E-state index contributed by atoms with van der Waals surface area (Å²) in [5.41, 5.74) is 1.22. The van der Waals surface area contributed by atoms with Crippen molar-refractivity contribution >= 4 is 21.6 Å². The Morgan fingerprint density at radius 1 is 1.33 bits per heavy atom. The van der Waals surface area contributed by atoms with Crippen molar-refractivity contribution in [2.24, 2.45) is 5.92 Å². The fourth-order valence-corrected chi connectivity index (χ4v) is 5.79. The average molecular weight is 426 g/mol. The van der Waals surface area contributed by atoms with Crippen LogP contribution in [0.4, 0.5) is 0 Å². The molecule has 5 rings (SSSR count). The molecule has 158 valence electrons. The Balaban J connectivity index is 1.35. The van der Waals surface area contributed by atoms with Gasteiger partial charge in [-0.2, -0.15) is 0 Å². The number of fused-ring (bicyclic) bond motifs is 4. The van der Waals surface area contributed by atoms with Gasteiger partial charge in [-0.05, 0) is 56.8 Å². The molecule has 1 N–H and O–H groups in total. The molecule has 0 saturated heterocycles. The Labute approximate surface area is 179 Å². The van der Waals surface area contributed by atoms with Gasteiger partial charge in [0.25, 0.3) is 5.56 Å². The lowest BCUT2D eigenvalue weighted by Gasteiger charge is -2.31. The van der Waals surface area contributed by atoms with Crippen LogP contribution in [0.3, 0.4) is 0 Å². The molecule has 0 amide bonds. The predicted molar refractivity (Wildman–Crippen MR) is 119 cm³/mol. The van der Waals surface area contributed by atoms with E-state index in [1.807, 2.05) is 31.3 Å². The van der Waals surface area contributed by atoms with Crippen molar-refractivity contribution in [1.82, 2.24) is 14.9 Å². The average Bonchev–Trinajstić information content (AvgIpc) is 3.10. The number of aryl methyl sites for hydroxylation is 1. The van der Waals surface area contributed by atoms with E-state index in [9.17, 15) is 4.79 Å². The molecule has 1 aliphatic carbocycles. The van der Waals surface area contributed by atoms with Crippen LogP contribution in [0, 0.1) is 5.92 Å². The summed E-state index contributed by atoms with van der Waals surface area (Å²) in [5.74, 6) is 2.95. The summed E-state index contributed by atoms with van der Waals surface area (Å²) in [7, 11) is 2.03. The fourth-order valence-electron chi connectivity index (χ4n) is 4.40. The van der Waals surface area contributed by atoms with Crippen molar-refractivity contribution in [3.05, 3.63) is 50.9 Å². The van der Waals surface area contributed by atoms with Crippen LogP contribution in [0.15, 0.2) is 29.1 Å². The third-order valence-electron chi connectivity index (χ3n) is 6.30. The molecule has 3 atom stereocenters. The summed E-state index contributed by atoms with van der Waals surface area (Å²) in [6, 6.07) is 7.70. The second kappa shape index (κ2) is 7.71. The molecule has 1 aromatic carbocycles. The zero-order valence-corrected chi connectivity index (χ0v) is 18.4. The highest BCUT2D eigenvalue weighted by molar-refractivity contribution is 7.18. The SMILES string of the molecule is C[C@@H]1CCc2c(sc3nc([C@H](C)N(C)C[C@@H]4COc5ccccc5O4)[nH]c(=O)c23)C1. The van der Waals surface area contributed by atoms with E-state index in [-0.39, 0.29) is 17.7 Å². The van der Waals surface area contributed by atoms with E-state index in [1.165, 1.54) is 10.4 Å².